The summed E-state index contributed by atoms with van der Waals surface area (Å²) in [6.07, 6.45) is -0.773. The summed E-state index contributed by atoms with van der Waals surface area (Å²) in [5, 5.41) is 9.41. The standard InChI is InChI=1S/C11H12F2O/c1-7(2)10(14)6-8-4-3-5-9(12)11(8)13/h3-5,10,14H,1,6H2,2H3. The molecule has 1 unspecified atom stereocenters. The molecule has 0 bridgehead atoms. The van der Waals surface area contributed by atoms with Gasteiger partial charge < -0.3 is 5.11 Å². The molecule has 1 N–H and O–H groups in total. The number of halogens is 2. The van der Waals surface area contributed by atoms with Crippen molar-refractivity contribution in [3.63, 3.8) is 0 Å². The van der Waals surface area contributed by atoms with Crippen LogP contribution in [-0.2, 0) is 6.42 Å². The third kappa shape index (κ3) is 2.39. The largest absolute Gasteiger partial charge is 0.388 e. The molecule has 14 heavy (non-hydrogen) atoms. The van der Waals surface area contributed by atoms with Gasteiger partial charge in [0, 0.05) is 6.42 Å². The molecule has 0 amide bonds. The molecule has 3 heteroatoms. The van der Waals surface area contributed by atoms with Crippen molar-refractivity contribution < 1.29 is 13.9 Å². The average molecular weight is 198 g/mol. The van der Waals surface area contributed by atoms with Crippen LogP contribution in [0.25, 0.3) is 0 Å². The fourth-order valence-corrected chi connectivity index (χ4v) is 1.09. The highest BCUT2D eigenvalue weighted by Gasteiger charge is 2.12. The fourth-order valence-electron chi connectivity index (χ4n) is 1.09. The first-order valence-corrected chi connectivity index (χ1v) is 4.28. The van der Waals surface area contributed by atoms with Crippen LogP contribution < -0.4 is 0 Å². The van der Waals surface area contributed by atoms with Gasteiger partial charge in [-0.2, -0.15) is 0 Å². The van der Waals surface area contributed by atoms with Crippen molar-refractivity contribution in [3.05, 3.63) is 47.5 Å². The van der Waals surface area contributed by atoms with Crippen molar-refractivity contribution in [2.75, 3.05) is 0 Å². The molecule has 0 aliphatic rings. The molecule has 1 aromatic rings. The molecule has 0 aromatic heterocycles. The summed E-state index contributed by atoms with van der Waals surface area (Å²) in [4.78, 5) is 0. The summed E-state index contributed by atoms with van der Waals surface area (Å²) in [6.45, 7) is 5.18. The summed E-state index contributed by atoms with van der Waals surface area (Å²) in [5.74, 6) is -1.79. The lowest BCUT2D eigenvalue weighted by molar-refractivity contribution is 0.210. The molecular weight excluding hydrogens is 186 g/mol. The van der Waals surface area contributed by atoms with Gasteiger partial charge in [0.1, 0.15) is 0 Å². The topological polar surface area (TPSA) is 20.2 Å². The van der Waals surface area contributed by atoms with Crippen LogP contribution in [0.4, 0.5) is 8.78 Å². The van der Waals surface area contributed by atoms with Crippen LogP contribution in [0.15, 0.2) is 30.4 Å². The monoisotopic (exact) mass is 198 g/mol. The Balaban J connectivity index is 2.87. The molecule has 0 fully saturated rings. The van der Waals surface area contributed by atoms with E-state index in [4.69, 9.17) is 0 Å². The van der Waals surface area contributed by atoms with Crippen LogP contribution in [0.5, 0.6) is 0 Å². The molecule has 0 spiro atoms. The van der Waals surface area contributed by atoms with Gasteiger partial charge in [0.2, 0.25) is 0 Å². The Morgan fingerprint density at radius 1 is 1.50 bits per heavy atom. The first kappa shape index (κ1) is 10.9. The lowest BCUT2D eigenvalue weighted by atomic mass is 10.0. The number of benzene rings is 1. The van der Waals surface area contributed by atoms with E-state index in [1.807, 2.05) is 0 Å². The zero-order valence-corrected chi connectivity index (χ0v) is 7.93. The van der Waals surface area contributed by atoms with E-state index in [-0.39, 0.29) is 12.0 Å². The number of aliphatic hydroxyl groups is 1. The highest BCUT2D eigenvalue weighted by Crippen LogP contribution is 2.15. The van der Waals surface area contributed by atoms with Gasteiger partial charge in [-0.25, -0.2) is 8.78 Å². The predicted molar refractivity (Wildman–Crippen MR) is 50.9 cm³/mol. The van der Waals surface area contributed by atoms with Crippen LogP contribution in [0, 0.1) is 11.6 Å². The molecule has 0 heterocycles. The van der Waals surface area contributed by atoms with Gasteiger partial charge >= 0.3 is 0 Å². The molecule has 0 aliphatic heterocycles. The zero-order chi connectivity index (χ0) is 10.7. The molecule has 0 saturated heterocycles. The van der Waals surface area contributed by atoms with Crippen molar-refractivity contribution in [3.8, 4) is 0 Å². The van der Waals surface area contributed by atoms with Gasteiger partial charge in [-0.1, -0.05) is 24.3 Å². The van der Waals surface area contributed by atoms with E-state index in [0.29, 0.717) is 5.57 Å². The Kier molecular flexibility index (Phi) is 3.36. The molecule has 1 aromatic carbocycles. The molecule has 0 aliphatic carbocycles. The molecule has 1 rings (SSSR count). The third-order valence-corrected chi connectivity index (χ3v) is 2.01. The number of aliphatic hydroxyl groups excluding tert-OH is 1. The summed E-state index contributed by atoms with van der Waals surface area (Å²) in [5.41, 5.74) is 0.703. The summed E-state index contributed by atoms with van der Waals surface area (Å²) in [7, 11) is 0. The SMILES string of the molecule is C=C(C)C(O)Cc1cccc(F)c1F. The van der Waals surface area contributed by atoms with Gasteiger partial charge in [-0.15, -0.1) is 0 Å². The highest BCUT2D eigenvalue weighted by atomic mass is 19.2. The highest BCUT2D eigenvalue weighted by molar-refractivity contribution is 5.21. The Morgan fingerprint density at radius 2 is 2.14 bits per heavy atom. The van der Waals surface area contributed by atoms with Crippen molar-refractivity contribution in [1.29, 1.82) is 0 Å². The lowest BCUT2D eigenvalue weighted by Gasteiger charge is -2.10. The second-order valence-corrected chi connectivity index (χ2v) is 3.28. The first-order valence-electron chi connectivity index (χ1n) is 4.28. The summed E-state index contributed by atoms with van der Waals surface area (Å²) in [6, 6.07) is 3.91. The molecule has 0 radical (unpaired) electrons. The second kappa shape index (κ2) is 4.33. The van der Waals surface area contributed by atoms with Gasteiger partial charge in [0.25, 0.3) is 0 Å². The van der Waals surface area contributed by atoms with Gasteiger partial charge in [-0.05, 0) is 18.6 Å². The summed E-state index contributed by atoms with van der Waals surface area (Å²) < 4.78 is 25.9. The molecule has 1 nitrogen and oxygen atoms in total. The quantitative estimate of drug-likeness (QED) is 0.739. The smallest absolute Gasteiger partial charge is 0.162 e. The number of hydrogen-bond acceptors (Lipinski definition) is 1. The van der Waals surface area contributed by atoms with E-state index in [1.165, 1.54) is 12.1 Å². The lowest BCUT2D eigenvalue weighted by Crippen LogP contribution is -2.12. The zero-order valence-electron chi connectivity index (χ0n) is 7.93. The van der Waals surface area contributed by atoms with Gasteiger partial charge in [0.05, 0.1) is 6.10 Å². The van der Waals surface area contributed by atoms with E-state index >= 15 is 0 Å². The van der Waals surface area contributed by atoms with Gasteiger partial charge in [-0.3, -0.25) is 0 Å². The van der Waals surface area contributed by atoms with Crippen molar-refractivity contribution in [2.45, 2.75) is 19.4 Å². The van der Waals surface area contributed by atoms with Crippen molar-refractivity contribution in [2.24, 2.45) is 0 Å². The fraction of sp³-hybridized carbons (Fsp3) is 0.273. The van der Waals surface area contributed by atoms with E-state index < -0.39 is 17.7 Å². The first-order chi connectivity index (χ1) is 6.52. The normalized spacial score (nSPS) is 12.6. The minimum atomic E-state index is -0.896. The maximum absolute atomic E-state index is 13.1. The summed E-state index contributed by atoms with van der Waals surface area (Å²) >= 11 is 0. The molecular formula is C11H12F2O. The van der Waals surface area contributed by atoms with Crippen LogP contribution in [0.1, 0.15) is 12.5 Å². The Morgan fingerprint density at radius 3 is 2.71 bits per heavy atom. The van der Waals surface area contributed by atoms with Crippen LogP contribution in [0.3, 0.4) is 0 Å². The van der Waals surface area contributed by atoms with Crippen LogP contribution in [0.2, 0.25) is 0 Å². The minimum Gasteiger partial charge on any atom is -0.388 e. The molecule has 1 atom stereocenters. The maximum Gasteiger partial charge on any atom is 0.162 e. The number of hydrogen-bond donors (Lipinski definition) is 1. The maximum atomic E-state index is 13.1. The molecule has 76 valence electrons. The van der Waals surface area contributed by atoms with E-state index in [1.54, 1.807) is 6.92 Å². The Hall–Kier alpha value is -1.22. The predicted octanol–water partition coefficient (Wildman–Crippen LogP) is 2.44. The van der Waals surface area contributed by atoms with Crippen LogP contribution >= 0.6 is 0 Å². The molecule has 0 saturated carbocycles. The van der Waals surface area contributed by atoms with Crippen molar-refractivity contribution in [1.82, 2.24) is 0 Å². The van der Waals surface area contributed by atoms with Crippen molar-refractivity contribution >= 4 is 0 Å². The minimum absolute atomic E-state index is 0.0545. The van der Waals surface area contributed by atoms with E-state index in [2.05, 4.69) is 6.58 Å². The Bertz CT molecular complexity index is 347. The van der Waals surface area contributed by atoms with E-state index in [0.717, 1.165) is 6.07 Å². The second-order valence-electron chi connectivity index (χ2n) is 3.28. The van der Waals surface area contributed by atoms with Gasteiger partial charge in [0.15, 0.2) is 11.6 Å². The number of rotatable bonds is 3. The van der Waals surface area contributed by atoms with Crippen LogP contribution in [-0.4, -0.2) is 11.2 Å². The third-order valence-electron chi connectivity index (χ3n) is 2.01. The van der Waals surface area contributed by atoms with E-state index in [9.17, 15) is 13.9 Å². The Labute approximate surface area is 81.7 Å². The average Bonchev–Trinajstić information content (AvgIpc) is 2.12.